The zero-order chi connectivity index (χ0) is 17.7. The average molecular weight is 431 g/mol. The Bertz CT molecular complexity index is 366. The van der Waals surface area contributed by atoms with Gasteiger partial charge in [0, 0.05) is 0 Å². The van der Waals surface area contributed by atoms with Crippen LogP contribution in [0.5, 0.6) is 0 Å². The Morgan fingerprint density at radius 2 is 1.30 bits per heavy atom. The molecule has 0 N–H and O–H groups in total. The number of rotatable bonds is 13. The molecule has 134 valence electrons. The van der Waals surface area contributed by atoms with E-state index in [0.717, 1.165) is 42.1 Å². The number of allylic oxidation sites excluding steroid dienone is 1. The van der Waals surface area contributed by atoms with E-state index in [-0.39, 0.29) is 11.8 Å². The summed E-state index contributed by atoms with van der Waals surface area (Å²) < 4.78 is 9.68. The number of ether oxygens (including phenoxy) is 1. The molecule has 0 amide bonds. The van der Waals surface area contributed by atoms with Gasteiger partial charge in [0.15, 0.2) is 0 Å². The number of unbranched alkanes of at least 4 members (excludes halogenated alkanes) is 3. The van der Waals surface area contributed by atoms with E-state index >= 15 is 0 Å². The van der Waals surface area contributed by atoms with Gasteiger partial charge in [0.1, 0.15) is 0 Å². The fourth-order valence-corrected chi connectivity index (χ4v) is 19.3. The molecule has 0 aliphatic heterocycles. The number of hydrogen-bond donors (Lipinski definition) is 0. The molecular formula is C19H36O3Sn. The standard InChI is InChI=1S/C7H9O3.3C4H9.Sn/c1-3-10-7(9)5-4-6(2)8;3*1-3-4-2;/h4H,3H2,1-2H3;3*1,3-4H2,2H3;. The van der Waals surface area contributed by atoms with E-state index in [2.05, 4.69) is 20.8 Å². The quantitative estimate of drug-likeness (QED) is 0.221. The van der Waals surface area contributed by atoms with Crippen LogP contribution in [0.2, 0.25) is 13.3 Å². The van der Waals surface area contributed by atoms with E-state index < -0.39 is 18.4 Å². The molecule has 0 atom stereocenters. The molecule has 0 heterocycles. The van der Waals surface area contributed by atoms with E-state index in [1.165, 1.54) is 13.3 Å². The molecule has 0 aromatic carbocycles. The number of carbonyl (C=O) groups excluding carboxylic acids is 2. The summed E-state index contributed by atoms with van der Waals surface area (Å²) in [6, 6.07) is 0. The molecule has 0 aromatic rings. The zero-order valence-corrected chi connectivity index (χ0v) is 18.7. The van der Waals surface area contributed by atoms with Crippen molar-refractivity contribution in [2.45, 2.75) is 86.5 Å². The monoisotopic (exact) mass is 432 g/mol. The van der Waals surface area contributed by atoms with Crippen molar-refractivity contribution in [3.05, 3.63) is 9.67 Å². The van der Waals surface area contributed by atoms with E-state index in [1.54, 1.807) is 13.0 Å². The summed E-state index contributed by atoms with van der Waals surface area (Å²) in [6.45, 7) is 10.4. The van der Waals surface area contributed by atoms with Crippen LogP contribution >= 0.6 is 0 Å². The molecule has 0 bridgehead atoms. The van der Waals surface area contributed by atoms with Crippen molar-refractivity contribution in [3.8, 4) is 0 Å². The van der Waals surface area contributed by atoms with E-state index in [1.807, 2.05) is 6.92 Å². The third kappa shape index (κ3) is 8.37. The fraction of sp³-hybridized carbons (Fsp3) is 0.789. The van der Waals surface area contributed by atoms with Gasteiger partial charge in [0.05, 0.1) is 0 Å². The van der Waals surface area contributed by atoms with Gasteiger partial charge < -0.3 is 0 Å². The van der Waals surface area contributed by atoms with Gasteiger partial charge >= 0.3 is 147 Å². The zero-order valence-electron chi connectivity index (χ0n) is 15.9. The van der Waals surface area contributed by atoms with Crippen LogP contribution in [0.25, 0.3) is 0 Å². The molecule has 0 aromatic heterocycles. The molecule has 0 aliphatic carbocycles. The van der Waals surface area contributed by atoms with Crippen molar-refractivity contribution >= 4 is 30.1 Å². The summed E-state index contributed by atoms with van der Waals surface area (Å²) in [4.78, 5) is 24.4. The molecule has 0 unspecified atom stereocenters. The molecule has 3 nitrogen and oxygen atoms in total. The van der Waals surface area contributed by atoms with E-state index in [0.29, 0.717) is 6.61 Å². The normalized spacial score (nSPS) is 12.3. The molecule has 0 fully saturated rings. The van der Waals surface area contributed by atoms with Gasteiger partial charge in [-0.25, -0.2) is 0 Å². The van der Waals surface area contributed by atoms with Crippen LogP contribution in [0, 0.1) is 0 Å². The summed E-state index contributed by atoms with van der Waals surface area (Å²) in [7, 11) is 0. The Balaban J connectivity index is 5.80. The molecule has 0 rings (SSSR count). The van der Waals surface area contributed by atoms with Crippen molar-refractivity contribution in [1.82, 2.24) is 0 Å². The minimum atomic E-state index is -2.89. The first-order valence-corrected chi connectivity index (χ1v) is 16.8. The molecule has 0 saturated heterocycles. The van der Waals surface area contributed by atoms with Gasteiger partial charge in [0.2, 0.25) is 0 Å². The second-order valence-corrected chi connectivity index (χ2v) is 19.6. The summed E-state index contributed by atoms with van der Waals surface area (Å²) in [6.07, 6.45) is 8.57. The maximum atomic E-state index is 12.6. The van der Waals surface area contributed by atoms with Crippen LogP contribution in [0.15, 0.2) is 9.67 Å². The number of carbonyl (C=O) groups is 2. The van der Waals surface area contributed by atoms with Crippen LogP contribution in [0.3, 0.4) is 0 Å². The Hall–Kier alpha value is -0.321. The van der Waals surface area contributed by atoms with Crippen LogP contribution < -0.4 is 0 Å². The Morgan fingerprint density at radius 1 is 0.870 bits per heavy atom. The molecular weight excluding hydrogens is 395 g/mol. The topological polar surface area (TPSA) is 43.4 Å². The van der Waals surface area contributed by atoms with Crippen LogP contribution in [-0.2, 0) is 14.3 Å². The molecule has 0 radical (unpaired) electrons. The third-order valence-electron chi connectivity index (χ3n) is 4.44. The third-order valence-corrected chi connectivity index (χ3v) is 19.9. The van der Waals surface area contributed by atoms with Gasteiger partial charge in [-0.05, 0) is 0 Å². The summed E-state index contributed by atoms with van der Waals surface area (Å²) in [5.74, 6) is -0.222. The van der Waals surface area contributed by atoms with Gasteiger partial charge in [-0.1, -0.05) is 0 Å². The summed E-state index contributed by atoms with van der Waals surface area (Å²) >= 11 is -2.89. The van der Waals surface area contributed by atoms with Crippen molar-refractivity contribution in [3.63, 3.8) is 0 Å². The predicted octanol–water partition coefficient (Wildman–Crippen LogP) is 5.45. The first-order chi connectivity index (χ1) is 11.0. The second kappa shape index (κ2) is 13.0. The summed E-state index contributed by atoms with van der Waals surface area (Å²) in [5.41, 5.74) is 0. The second-order valence-electron chi connectivity index (χ2n) is 6.48. The fourth-order valence-electron chi connectivity index (χ4n) is 3.17. The van der Waals surface area contributed by atoms with Gasteiger partial charge in [-0.3, -0.25) is 0 Å². The van der Waals surface area contributed by atoms with Crippen LogP contribution in [0.4, 0.5) is 0 Å². The van der Waals surface area contributed by atoms with Gasteiger partial charge in [-0.2, -0.15) is 0 Å². The van der Waals surface area contributed by atoms with Crippen LogP contribution in [0.1, 0.15) is 73.1 Å². The molecule has 4 heteroatoms. The van der Waals surface area contributed by atoms with Crippen molar-refractivity contribution in [1.29, 1.82) is 0 Å². The Kier molecular flexibility index (Phi) is 12.8. The first kappa shape index (κ1) is 22.7. The van der Waals surface area contributed by atoms with E-state index in [4.69, 9.17) is 4.74 Å². The van der Waals surface area contributed by atoms with Gasteiger partial charge in [-0.15, -0.1) is 0 Å². The molecule has 23 heavy (non-hydrogen) atoms. The summed E-state index contributed by atoms with van der Waals surface area (Å²) in [5, 5.41) is 0. The number of ketones is 1. The molecule has 0 aliphatic rings. The number of hydrogen-bond acceptors (Lipinski definition) is 3. The average Bonchev–Trinajstić information content (AvgIpc) is 2.52. The van der Waals surface area contributed by atoms with E-state index in [9.17, 15) is 9.59 Å². The minimum absolute atomic E-state index is 0.0152. The van der Waals surface area contributed by atoms with Crippen molar-refractivity contribution in [2.24, 2.45) is 0 Å². The molecule has 0 saturated carbocycles. The van der Waals surface area contributed by atoms with Crippen molar-refractivity contribution < 1.29 is 14.3 Å². The molecule has 0 spiro atoms. The van der Waals surface area contributed by atoms with Crippen LogP contribution in [-0.4, -0.2) is 36.7 Å². The van der Waals surface area contributed by atoms with Crippen molar-refractivity contribution in [2.75, 3.05) is 6.61 Å². The first-order valence-electron chi connectivity index (χ1n) is 9.37. The number of esters is 1. The Morgan fingerprint density at radius 3 is 1.61 bits per heavy atom. The maximum absolute atomic E-state index is 12.6. The van der Waals surface area contributed by atoms with Gasteiger partial charge in [0.25, 0.3) is 0 Å². The Labute approximate surface area is 147 Å². The predicted molar refractivity (Wildman–Crippen MR) is 100 cm³/mol. The SMILES string of the molecule is CCC[CH2][Sn]([CH2]CCC)([CH2]CCC)/[C](=C\C(C)=O)C(=O)OCC.